The fourth-order valence-corrected chi connectivity index (χ4v) is 1.47. The van der Waals surface area contributed by atoms with Crippen LogP contribution in [0.5, 0.6) is 0 Å². The standard InChI is InChI=1S/C9H9BrN2O/c10-9-6(4-11)3-8(5-12-9)13-7-1-2-7/h3,5-7,9H,1-2H2. The SMILES string of the molecule is N#CC1C=C(OC2CC2)C=NC1Br. The minimum Gasteiger partial charge on any atom is -0.489 e. The predicted molar refractivity (Wildman–Crippen MR) is 52.5 cm³/mol. The Labute approximate surface area is 85.2 Å². The summed E-state index contributed by atoms with van der Waals surface area (Å²) in [6.07, 6.45) is 6.13. The van der Waals surface area contributed by atoms with Gasteiger partial charge in [-0.15, -0.1) is 0 Å². The highest BCUT2D eigenvalue weighted by Crippen LogP contribution is 2.28. The zero-order chi connectivity index (χ0) is 9.26. The van der Waals surface area contributed by atoms with Crippen LogP contribution < -0.4 is 0 Å². The normalized spacial score (nSPS) is 32.2. The first kappa shape index (κ1) is 8.76. The number of hydrogen-bond donors (Lipinski definition) is 0. The van der Waals surface area contributed by atoms with E-state index in [0.717, 1.165) is 18.6 Å². The summed E-state index contributed by atoms with van der Waals surface area (Å²) in [7, 11) is 0. The number of alkyl halides is 1. The maximum Gasteiger partial charge on any atom is 0.134 e. The van der Waals surface area contributed by atoms with Crippen LogP contribution in [0.1, 0.15) is 12.8 Å². The molecular formula is C9H9BrN2O. The van der Waals surface area contributed by atoms with Crippen LogP contribution in [0.4, 0.5) is 0 Å². The average molecular weight is 241 g/mol. The quantitative estimate of drug-likeness (QED) is 0.548. The van der Waals surface area contributed by atoms with Gasteiger partial charge >= 0.3 is 0 Å². The third-order valence-corrected chi connectivity index (χ3v) is 2.77. The molecule has 0 aromatic heterocycles. The summed E-state index contributed by atoms with van der Waals surface area (Å²) in [4.78, 5) is 4.00. The van der Waals surface area contributed by atoms with E-state index in [1.54, 1.807) is 6.21 Å². The van der Waals surface area contributed by atoms with Gasteiger partial charge in [0.2, 0.25) is 0 Å². The molecule has 0 spiro atoms. The van der Waals surface area contributed by atoms with E-state index in [0.29, 0.717) is 6.10 Å². The first-order chi connectivity index (χ1) is 6.29. The molecule has 0 aromatic carbocycles. The van der Waals surface area contributed by atoms with Crippen molar-refractivity contribution < 1.29 is 4.74 Å². The van der Waals surface area contributed by atoms with Crippen molar-refractivity contribution in [3.8, 4) is 6.07 Å². The van der Waals surface area contributed by atoms with Crippen molar-refractivity contribution in [1.82, 2.24) is 0 Å². The molecule has 3 nitrogen and oxygen atoms in total. The van der Waals surface area contributed by atoms with E-state index in [1.165, 1.54) is 0 Å². The molecule has 0 radical (unpaired) electrons. The molecule has 4 heteroatoms. The third-order valence-electron chi connectivity index (χ3n) is 1.96. The number of aliphatic imine (C=N–C) groups is 1. The summed E-state index contributed by atoms with van der Waals surface area (Å²) in [6.45, 7) is 0. The van der Waals surface area contributed by atoms with Crippen molar-refractivity contribution in [3.05, 3.63) is 11.8 Å². The van der Waals surface area contributed by atoms with Gasteiger partial charge in [0, 0.05) is 0 Å². The minimum absolute atomic E-state index is 0.121. The molecule has 1 aliphatic carbocycles. The van der Waals surface area contributed by atoms with Crippen LogP contribution in [-0.4, -0.2) is 17.3 Å². The number of nitrogens with zero attached hydrogens (tertiary/aromatic N) is 2. The number of hydrogen-bond acceptors (Lipinski definition) is 3. The van der Waals surface area contributed by atoms with Crippen molar-refractivity contribution in [2.45, 2.75) is 23.9 Å². The molecule has 2 atom stereocenters. The van der Waals surface area contributed by atoms with Crippen molar-refractivity contribution in [1.29, 1.82) is 5.26 Å². The van der Waals surface area contributed by atoms with Gasteiger partial charge in [-0.3, -0.25) is 4.99 Å². The zero-order valence-corrected chi connectivity index (χ0v) is 8.57. The van der Waals surface area contributed by atoms with Gasteiger partial charge in [0.15, 0.2) is 0 Å². The zero-order valence-electron chi connectivity index (χ0n) is 6.98. The molecule has 2 unspecified atom stereocenters. The second kappa shape index (κ2) is 3.51. The van der Waals surface area contributed by atoms with Gasteiger partial charge in [-0.1, -0.05) is 15.9 Å². The largest absolute Gasteiger partial charge is 0.489 e. The van der Waals surface area contributed by atoms with E-state index in [1.807, 2.05) is 6.08 Å². The van der Waals surface area contributed by atoms with Gasteiger partial charge in [0.25, 0.3) is 0 Å². The number of ether oxygens (including phenoxy) is 1. The van der Waals surface area contributed by atoms with E-state index in [9.17, 15) is 0 Å². The van der Waals surface area contributed by atoms with Crippen LogP contribution in [0.3, 0.4) is 0 Å². The van der Waals surface area contributed by atoms with Crippen molar-refractivity contribution >= 4 is 22.1 Å². The van der Waals surface area contributed by atoms with E-state index >= 15 is 0 Å². The van der Waals surface area contributed by atoms with Gasteiger partial charge in [0.05, 0.1) is 18.4 Å². The first-order valence-corrected chi connectivity index (χ1v) is 5.16. The Hall–Kier alpha value is -0.820. The van der Waals surface area contributed by atoms with Crippen LogP contribution in [-0.2, 0) is 4.74 Å². The lowest BCUT2D eigenvalue weighted by Gasteiger charge is -2.15. The molecule has 1 fully saturated rings. The molecule has 68 valence electrons. The molecule has 2 aliphatic rings. The van der Waals surface area contributed by atoms with Crippen LogP contribution in [0.15, 0.2) is 16.8 Å². The molecule has 1 saturated carbocycles. The minimum atomic E-state index is -0.209. The Kier molecular flexibility index (Phi) is 2.36. The Morgan fingerprint density at radius 1 is 1.62 bits per heavy atom. The van der Waals surface area contributed by atoms with E-state index in [-0.39, 0.29) is 10.9 Å². The van der Waals surface area contributed by atoms with E-state index < -0.39 is 0 Å². The summed E-state index contributed by atoms with van der Waals surface area (Å²) in [5.74, 6) is 0.531. The fraction of sp³-hybridized carbons (Fsp3) is 0.556. The van der Waals surface area contributed by atoms with Gasteiger partial charge in [-0.2, -0.15) is 5.26 Å². The molecule has 0 saturated heterocycles. The lowest BCUT2D eigenvalue weighted by atomic mass is 10.1. The van der Waals surface area contributed by atoms with Gasteiger partial charge in [-0.05, 0) is 18.9 Å². The number of rotatable bonds is 2. The van der Waals surface area contributed by atoms with Gasteiger partial charge < -0.3 is 4.74 Å². The summed E-state index contributed by atoms with van der Waals surface area (Å²) in [5, 5.41) is 8.77. The van der Waals surface area contributed by atoms with E-state index in [2.05, 4.69) is 27.0 Å². The predicted octanol–water partition coefficient (Wildman–Crippen LogP) is 1.99. The first-order valence-electron chi connectivity index (χ1n) is 4.25. The monoisotopic (exact) mass is 240 g/mol. The Bertz CT molecular complexity index is 301. The maximum atomic E-state index is 8.77. The summed E-state index contributed by atoms with van der Waals surface area (Å²) < 4.78 is 5.52. The maximum absolute atomic E-state index is 8.77. The van der Waals surface area contributed by atoms with Crippen LogP contribution in [0, 0.1) is 17.2 Å². The average Bonchev–Trinajstić information content (AvgIpc) is 2.92. The Balaban J connectivity index is 2.03. The van der Waals surface area contributed by atoms with Crippen molar-refractivity contribution in [2.75, 3.05) is 0 Å². The summed E-state index contributed by atoms with van der Waals surface area (Å²) >= 11 is 3.30. The summed E-state index contributed by atoms with van der Waals surface area (Å²) in [5.41, 5.74) is 0. The van der Waals surface area contributed by atoms with Crippen LogP contribution in [0.25, 0.3) is 0 Å². The highest BCUT2D eigenvalue weighted by atomic mass is 79.9. The lowest BCUT2D eigenvalue weighted by molar-refractivity contribution is 0.214. The number of nitriles is 1. The molecule has 0 N–H and O–H groups in total. The lowest BCUT2D eigenvalue weighted by Crippen LogP contribution is -2.14. The molecule has 2 rings (SSSR count). The number of allylic oxidation sites excluding steroid dienone is 1. The highest BCUT2D eigenvalue weighted by Gasteiger charge is 2.26. The second-order valence-electron chi connectivity index (χ2n) is 3.19. The van der Waals surface area contributed by atoms with Crippen LogP contribution in [0.2, 0.25) is 0 Å². The molecule has 0 amide bonds. The fourth-order valence-electron chi connectivity index (χ4n) is 1.08. The molecule has 1 heterocycles. The smallest absolute Gasteiger partial charge is 0.134 e. The number of dihydropyridines is 1. The van der Waals surface area contributed by atoms with E-state index in [4.69, 9.17) is 10.00 Å². The molecule has 0 bridgehead atoms. The van der Waals surface area contributed by atoms with Crippen LogP contribution >= 0.6 is 15.9 Å². The highest BCUT2D eigenvalue weighted by molar-refractivity contribution is 9.09. The Morgan fingerprint density at radius 2 is 2.38 bits per heavy atom. The molecule has 0 aromatic rings. The Morgan fingerprint density at radius 3 is 3.00 bits per heavy atom. The van der Waals surface area contributed by atoms with Gasteiger partial charge in [0.1, 0.15) is 16.6 Å². The number of halogens is 1. The molecular weight excluding hydrogens is 232 g/mol. The third kappa shape index (κ3) is 2.10. The molecule has 1 aliphatic heterocycles. The topological polar surface area (TPSA) is 45.4 Å². The molecule has 13 heavy (non-hydrogen) atoms. The van der Waals surface area contributed by atoms with Crippen molar-refractivity contribution in [2.24, 2.45) is 10.9 Å². The van der Waals surface area contributed by atoms with Crippen molar-refractivity contribution in [3.63, 3.8) is 0 Å². The second-order valence-corrected chi connectivity index (χ2v) is 4.13. The van der Waals surface area contributed by atoms with Gasteiger partial charge in [-0.25, -0.2) is 0 Å². The summed E-state index contributed by atoms with van der Waals surface area (Å²) in [6, 6.07) is 2.16.